The monoisotopic (exact) mass is 494 g/mol. The van der Waals surface area contributed by atoms with Crippen LogP contribution in [-0.2, 0) is 9.53 Å². The van der Waals surface area contributed by atoms with Crippen LogP contribution in [0.1, 0.15) is 54.8 Å². The third kappa shape index (κ3) is 6.08. The molecule has 0 atom stereocenters. The zero-order chi connectivity index (χ0) is 25.7. The van der Waals surface area contributed by atoms with E-state index in [1.807, 2.05) is 58.0 Å². The highest BCUT2D eigenvalue weighted by molar-refractivity contribution is 7.19. The minimum Gasteiger partial charge on any atom is -0.483 e. The number of nitrogens with one attached hydrogen (secondary N) is 2. The molecule has 0 radical (unpaired) electrons. The van der Waals surface area contributed by atoms with Gasteiger partial charge in [-0.15, -0.1) is 11.3 Å². The zero-order valence-corrected chi connectivity index (χ0v) is 21.6. The summed E-state index contributed by atoms with van der Waals surface area (Å²) >= 11 is 1.03. The molecule has 3 aromatic rings. The lowest BCUT2D eigenvalue weighted by atomic mass is 10.1. The van der Waals surface area contributed by atoms with Gasteiger partial charge in [0.1, 0.15) is 10.8 Å². The number of amides is 2. The van der Waals surface area contributed by atoms with E-state index in [0.29, 0.717) is 21.9 Å². The molecule has 7 nitrogen and oxygen atoms in total. The Bertz CT molecular complexity index is 1280. The lowest BCUT2D eigenvalue weighted by Gasteiger charge is -2.11. The molecular weight excluding hydrogens is 464 g/mol. The summed E-state index contributed by atoms with van der Waals surface area (Å²) in [5.41, 5.74) is 5.31. The Morgan fingerprint density at radius 3 is 2.34 bits per heavy atom. The maximum atomic E-state index is 13.1. The van der Waals surface area contributed by atoms with Crippen LogP contribution in [0, 0.1) is 34.6 Å². The topological polar surface area (TPSA) is 93.7 Å². The first-order chi connectivity index (χ1) is 16.6. The Hall–Kier alpha value is -3.65. The van der Waals surface area contributed by atoms with Crippen molar-refractivity contribution in [3.8, 4) is 5.75 Å². The fraction of sp³-hybridized carbons (Fsp3) is 0.296. The normalized spacial score (nSPS) is 10.6. The van der Waals surface area contributed by atoms with Crippen molar-refractivity contribution in [3.05, 3.63) is 74.7 Å². The standard InChI is InChI=1S/C27H30N2O5S/c1-7-33-27(32)23-19(6)24(25(31)28-20-12-11-15(2)13-17(20)4)35-26(23)29-22(30)14-34-21-10-8-9-16(3)18(21)5/h8-13H,7,14H2,1-6H3,(H,28,31)(H,29,30). The number of thiophene rings is 1. The number of hydrogen-bond acceptors (Lipinski definition) is 6. The summed E-state index contributed by atoms with van der Waals surface area (Å²) in [5.74, 6) is -0.796. The van der Waals surface area contributed by atoms with Crippen LogP contribution in [0.2, 0.25) is 0 Å². The number of benzene rings is 2. The van der Waals surface area contributed by atoms with E-state index in [1.54, 1.807) is 19.9 Å². The quantitative estimate of drug-likeness (QED) is 0.390. The summed E-state index contributed by atoms with van der Waals surface area (Å²) in [5, 5.41) is 5.88. The molecule has 0 fully saturated rings. The van der Waals surface area contributed by atoms with Crippen molar-refractivity contribution < 1.29 is 23.9 Å². The molecule has 35 heavy (non-hydrogen) atoms. The van der Waals surface area contributed by atoms with Crippen LogP contribution in [0.3, 0.4) is 0 Å². The molecule has 0 aliphatic carbocycles. The van der Waals surface area contributed by atoms with Gasteiger partial charge in [-0.1, -0.05) is 29.8 Å². The predicted molar refractivity (Wildman–Crippen MR) is 139 cm³/mol. The number of aryl methyl sites for hydroxylation is 3. The number of carbonyl (C=O) groups excluding carboxylic acids is 3. The SMILES string of the molecule is CCOC(=O)c1c(NC(=O)COc2cccc(C)c2C)sc(C(=O)Nc2ccc(C)cc2C)c1C. The van der Waals surface area contributed by atoms with Gasteiger partial charge >= 0.3 is 5.97 Å². The van der Waals surface area contributed by atoms with E-state index in [4.69, 9.17) is 9.47 Å². The van der Waals surface area contributed by atoms with E-state index in [-0.39, 0.29) is 29.7 Å². The number of hydrogen-bond donors (Lipinski definition) is 2. The largest absolute Gasteiger partial charge is 0.483 e. The van der Waals surface area contributed by atoms with Gasteiger partial charge in [0.15, 0.2) is 6.61 Å². The summed E-state index contributed by atoms with van der Waals surface area (Å²) in [6.07, 6.45) is 0. The third-order valence-corrected chi connectivity index (χ3v) is 6.84. The molecule has 2 amide bonds. The summed E-state index contributed by atoms with van der Waals surface area (Å²) in [6.45, 7) is 11.1. The van der Waals surface area contributed by atoms with E-state index in [9.17, 15) is 14.4 Å². The fourth-order valence-corrected chi connectivity index (χ4v) is 4.69. The second-order valence-electron chi connectivity index (χ2n) is 8.29. The van der Waals surface area contributed by atoms with Crippen molar-refractivity contribution in [3.63, 3.8) is 0 Å². The van der Waals surface area contributed by atoms with Crippen molar-refractivity contribution in [2.45, 2.75) is 41.5 Å². The number of anilines is 2. The molecule has 0 spiro atoms. The van der Waals surface area contributed by atoms with Crippen LogP contribution in [0.4, 0.5) is 10.7 Å². The van der Waals surface area contributed by atoms with Crippen molar-refractivity contribution in [1.82, 2.24) is 0 Å². The van der Waals surface area contributed by atoms with E-state index in [1.165, 1.54) is 0 Å². The molecule has 3 rings (SSSR count). The number of carbonyl (C=O) groups is 3. The molecule has 2 aromatic carbocycles. The summed E-state index contributed by atoms with van der Waals surface area (Å²) < 4.78 is 10.9. The Morgan fingerprint density at radius 1 is 0.914 bits per heavy atom. The molecule has 0 bridgehead atoms. The number of rotatable bonds is 8. The highest BCUT2D eigenvalue weighted by atomic mass is 32.1. The minimum atomic E-state index is -0.599. The van der Waals surface area contributed by atoms with E-state index in [0.717, 1.165) is 33.6 Å². The minimum absolute atomic E-state index is 0.168. The first-order valence-electron chi connectivity index (χ1n) is 11.3. The predicted octanol–water partition coefficient (Wildman–Crippen LogP) is 5.74. The second-order valence-corrected chi connectivity index (χ2v) is 9.31. The number of esters is 1. The molecule has 0 saturated heterocycles. The van der Waals surface area contributed by atoms with Gasteiger partial charge in [0.25, 0.3) is 11.8 Å². The fourth-order valence-electron chi connectivity index (χ4n) is 3.59. The first kappa shape index (κ1) is 26.0. The summed E-state index contributed by atoms with van der Waals surface area (Å²) in [7, 11) is 0. The van der Waals surface area contributed by atoms with Crippen LogP contribution in [-0.4, -0.2) is 31.0 Å². The van der Waals surface area contributed by atoms with Crippen molar-refractivity contribution in [2.24, 2.45) is 0 Å². The molecule has 184 valence electrons. The first-order valence-corrected chi connectivity index (χ1v) is 12.1. The van der Waals surface area contributed by atoms with Gasteiger partial charge in [0.05, 0.1) is 17.0 Å². The van der Waals surface area contributed by atoms with Gasteiger partial charge in [-0.05, 0) is 75.9 Å². The summed E-state index contributed by atoms with van der Waals surface area (Å²) in [4.78, 5) is 38.8. The highest BCUT2D eigenvalue weighted by Gasteiger charge is 2.27. The molecule has 1 aromatic heterocycles. The average molecular weight is 495 g/mol. The Balaban J connectivity index is 1.83. The van der Waals surface area contributed by atoms with Crippen molar-refractivity contribution in [1.29, 1.82) is 0 Å². The lowest BCUT2D eigenvalue weighted by Crippen LogP contribution is -2.21. The zero-order valence-electron chi connectivity index (χ0n) is 20.8. The van der Waals surface area contributed by atoms with Crippen molar-refractivity contribution >= 4 is 39.8 Å². The molecular formula is C27H30N2O5S. The maximum absolute atomic E-state index is 13.1. The number of ether oxygens (including phenoxy) is 2. The average Bonchev–Trinajstić information content (AvgIpc) is 3.12. The maximum Gasteiger partial charge on any atom is 0.341 e. The Kier molecular flexibility index (Phi) is 8.30. The molecule has 0 aliphatic rings. The summed E-state index contributed by atoms with van der Waals surface area (Å²) in [6, 6.07) is 11.3. The van der Waals surface area contributed by atoms with Crippen LogP contribution >= 0.6 is 11.3 Å². The molecule has 0 saturated carbocycles. The highest BCUT2D eigenvalue weighted by Crippen LogP contribution is 2.34. The lowest BCUT2D eigenvalue weighted by molar-refractivity contribution is -0.118. The molecule has 1 heterocycles. The Labute approximate surface area is 209 Å². The van der Waals surface area contributed by atoms with E-state index in [2.05, 4.69) is 10.6 Å². The molecule has 2 N–H and O–H groups in total. The van der Waals surface area contributed by atoms with Crippen LogP contribution < -0.4 is 15.4 Å². The van der Waals surface area contributed by atoms with E-state index < -0.39 is 11.9 Å². The van der Waals surface area contributed by atoms with Gasteiger partial charge in [-0.3, -0.25) is 9.59 Å². The molecule has 8 heteroatoms. The van der Waals surface area contributed by atoms with Gasteiger partial charge in [0.2, 0.25) is 0 Å². The van der Waals surface area contributed by atoms with Gasteiger partial charge in [-0.2, -0.15) is 0 Å². The van der Waals surface area contributed by atoms with Crippen LogP contribution in [0.5, 0.6) is 5.75 Å². The van der Waals surface area contributed by atoms with Gasteiger partial charge < -0.3 is 20.1 Å². The van der Waals surface area contributed by atoms with Crippen LogP contribution in [0.25, 0.3) is 0 Å². The second kappa shape index (κ2) is 11.2. The van der Waals surface area contributed by atoms with Gasteiger partial charge in [-0.25, -0.2) is 4.79 Å². The van der Waals surface area contributed by atoms with E-state index >= 15 is 0 Å². The Morgan fingerprint density at radius 2 is 1.66 bits per heavy atom. The van der Waals surface area contributed by atoms with Crippen molar-refractivity contribution in [2.75, 3.05) is 23.8 Å². The molecule has 0 aliphatic heterocycles. The van der Waals surface area contributed by atoms with Crippen LogP contribution in [0.15, 0.2) is 36.4 Å². The smallest absolute Gasteiger partial charge is 0.341 e. The third-order valence-electron chi connectivity index (χ3n) is 5.63. The van der Waals surface area contributed by atoms with Gasteiger partial charge in [0, 0.05) is 5.69 Å². The molecule has 0 unspecified atom stereocenters.